The molecule has 0 aliphatic rings. The standard InChI is InChI=1S/C26H35NO4/c1-17(2)26(30)31-24-13-12-21(25(28)29)16-23(24)22(20-10-8-7-9-11-20)14-15-27(18(3)4)19(5)6/h7-13,16-19,22H,14-15H2,1-6H3,(H,28,29)/t22-/m1/s1. The highest BCUT2D eigenvalue weighted by atomic mass is 16.5. The van der Waals surface area contributed by atoms with Gasteiger partial charge in [0.05, 0.1) is 11.5 Å². The number of carboxylic acid groups (broad SMARTS) is 1. The van der Waals surface area contributed by atoms with Gasteiger partial charge in [-0.1, -0.05) is 44.2 Å². The lowest BCUT2D eigenvalue weighted by Gasteiger charge is -2.32. The quantitative estimate of drug-likeness (QED) is 0.397. The molecular weight excluding hydrogens is 390 g/mol. The molecule has 5 nitrogen and oxygen atoms in total. The second-order valence-electron chi connectivity index (χ2n) is 8.81. The minimum Gasteiger partial charge on any atom is -0.478 e. The first-order valence-corrected chi connectivity index (χ1v) is 11.0. The number of ether oxygens (including phenoxy) is 1. The van der Waals surface area contributed by atoms with E-state index in [1.807, 2.05) is 30.3 Å². The lowest BCUT2D eigenvalue weighted by Crippen LogP contribution is -2.38. The predicted octanol–water partition coefficient (Wildman–Crippen LogP) is 5.59. The molecule has 2 aromatic carbocycles. The number of hydrogen-bond donors (Lipinski definition) is 1. The Kier molecular flexibility index (Phi) is 8.81. The zero-order valence-electron chi connectivity index (χ0n) is 19.5. The van der Waals surface area contributed by atoms with Crippen LogP contribution in [0.4, 0.5) is 0 Å². The largest absolute Gasteiger partial charge is 0.478 e. The maximum atomic E-state index is 12.3. The van der Waals surface area contributed by atoms with Crippen molar-refractivity contribution in [2.24, 2.45) is 5.92 Å². The van der Waals surface area contributed by atoms with Crippen molar-refractivity contribution in [2.45, 2.75) is 66.0 Å². The zero-order valence-corrected chi connectivity index (χ0v) is 19.5. The molecule has 31 heavy (non-hydrogen) atoms. The van der Waals surface area contributed by atoms with Crippen molar-refractivity contribution < 1.29 is 19.4 Å². The Labute approximate surface area is 186 Å². The Bertz CT molecular complexity index is 866. The van der Waals surface area contributed by atoms with Crippen molar-refractivity contribution in [3.8, 4) is 5.75 Å². The van der Waals surface area contributed by atoms with Crippen LogP contribution >= 0.6 is 0 Å². The summed E-state index contributed by atoms with van der Waals surface area (Å²) in [5.41, 5.74) is 1.98. The molecule has 168 valence electrons. The molecule has 0 unspecified atom stereocenters. The third-order valence-corrected chi connectivity index (χ3v) is 5.52. The van der Waals surface area contributed by atoms with Crippen LogP contribution in [0.1, 0.15) is 75.4 Å². The van der Waals surface area contributed by atoms with E-state index in [9.17, 15) is 14.7 Å². The molecule has 1 N–H and O–H groups in total. The number of carbonyl (C=O) groups excluding carboxylic acids is 1. The minimum atomic E-state index is -0.999. The first-order chi connectivity index (χ1) is 14.6. The SMILES string of the molecule is CC(C)C(=O)Oc1ccc(C(=O)O)cc1[C@H](CCN(C(C)C)C(C)C)c1ccccc1. The summed E-state index contributed by atoms with van der Waals surface area (Å²) < 4.78 is 5.70. The fourth-order valence-electron chi connectivity index (χ4n) is 3.85. The molecule has 5 heteroatoms. The molecule has 2 rings (SSSR count). The van der Waals surface area contributed by atoms with Gasteiger partial charge < -0.3 is 9.84 Å². The van der Waals surface area contributed by atoms with E-state index >= 15 is 0 Å². The van der Waals surface area contributed by atoms with Gasteiger partial charge in [0.2, 0.25) is 0 Å². The molecule has 0 saturated carbocycles. The van der Waals surface area contributed by atoms with Gasteiger partial charge in [0, 0.05) is 23.6 Å². The van der Waals surface area contributed by atoms with E-state index in [1.54, 1.807) is 26.0 Å². The Morgan fingerprint density at radius 3 is 2.06 bits per heavy atom. The van der Waals surface area contributed by atoms with Gasteiger partial charge >= 0.3 is 11.9 Å². The van der Waals surface area contributed by atoms with Gasteiger partial charge in [0.1, 0.15) is 5.75 Å². The number of nitrogens with zero attached hydrogens (tertiary/aromatic N) is 1. The van der Waals surface area contributed by atoms with Crippen molar-refractivity contribution in [3.63, 3.8) is 0 Å². The zero-order chi connectivity index (χ0) is 23.1. The highest BCUT2D eigenvalue weighted by Crippen LogP contribution is 2.36. The maximum absolute atomic E-state index is 12.3. The molecule has 0 amide bonds. The monoisotopic (exact) mass is 425 g/mol. The van der Waals surface area contributed by atoms with Crippen LogP contribution in [0, 0.1) is 5.92 Å². The van der Waals surface area contributed by atoms with Crippen LogP contribution in [0.25, 0.3) is 0 Å². The van der Waals surface area contributed by atoms with E-state index in [-0.39, 0.29) is 23.4 Å². The van der Waals surface area contributed by atoms with Gasteiger partial charge in [0.25, 0.3) is 0 Å². The summed E-state index contributed by atoms with van der Waals surface area (Å²) in [4.78, 5) is 26.4. The molecular formula is C26H35NO4. The molecule has 2 aromatic rings. The highest BCUT2D eigenvalue weighted by Gasteiger charge is 2.24. The molecule has 0 spiro atoms. The van der Waals surface area contributed by atoms with Crippen LogP contribution in [0.3, 0.4) is 0 Å². The van der Waals surface area contributed by atoms with Crippen molar-refractivity contribution in [1.29, 1.82) is 0 Å². The van der Waals surface area contributed by atoms with Gasteiger partial charge in [-0.25, -0.2) is 4.79 Å². The van der Waals surface area contributed by atoms with Crippen LogP contribution in [0.15, 0.2) is 48.5 Å². The Morgan fingerprint density at radius 1 is 0.935 bits per heavy atom. The molecule has 0 fully saturated rings. The van der Waals surface area contributed by atoms with Crippen molar-refractivity contribution in [2.75, 3.05) is 6.54 Å². The van der Waals surface area contributed by atoms with Gasteiger partial charge in [0.15, 0.2) is 0 Å². The number of esters is 1. The summed E-state index contributed by atoms with van der Waals surface area (Å²) in [7, 11) is 0. The maximum Gasteiger partial charge on any atom is 0.335 e. The van der Waals surface area contributed by atoms with E-state index in [4.69, 9.17) is 4.74 Å². The summed E-state index contributed by atoms with van der Waals surface area (Å²) >= 11 is 0. The van der Waals surface area contributed by atoms with E-state index in [0.717, 1.165) is 24.1 Å². The summed E-state index contributed by atoms with van der Waals surface area (Å²) in [6.45, 7) is 13.1. The second-order valence-corrected chi connectivity index (χ2v) is 8.81. The topological polar surface area (TPSA) is 66.8 Å². The summed E-state index contributed by atoms with van der Waals surface area (Å²) in [5, 5.41) is 9.57. The van der Waals surface area contributed by atoms with Crippen molar-refractivity contribution in [1.82, 2.24) is 4.90 Å². The van der Waals surface area contributed by atoms with E-state index in [1.165, 1.54) is 6.07 Å². The number of carboxylic acids is 1. The number of benzene rings is 2. The molecule has 0 aliphatic carbocycles. The summed E-state index contributed by atoms with van der Waals surface area (Å²) in [6, 6.07) is 15.5. The Morgan fingerprint density at radius 2 is 1.55 bits per heavy atom. The van der Waals surface area contributed by atoms with Gasteiger partial charge in [-0.2, -0.15) is 0 Å². The molecule has 0 radical (unpaired) electrons. The normalized spacial score (nSPS) is 12.6. The van der Waals surface area contributed by atoms with E-state index in [0.29, 0.717) is 17.8 Å². The number of aromatic carboxylic acids is 1. The van der Waals surface area contributed by atoms with Crippen LogP contribution in [-0.2, 0) is 4.79 Å². The molecule has 0 aliphatic heterocycles. The van der Waals surface area contributed by atoms with Crippen LogP contribution in [0.2, 0.25) is 0 Å². The smallest absolute Gasteiger partial charge is 0.335 e. The first-order valence-electron chi connectivity index (χ1n) is 11.0. The average Bonchev–Trinajstić information content (AvgIpc) is 2.71. The Hall–Kier alpha value is -2.66. The fraction of sp³-hybridized carbons (Fsp3) is 0.462. The number of rotatable bonds is 10. The third kappa shape index (κ3) is 6.66. The second kappa shape index (κ2) is 11.1. The average molecular weight is 426 g/mol. The van der Waals surface area contributed by atoms with E-state index < -0.39 is 5.97 Å². The first kappa shape index (κ1) is 24.6. The van der Waals surface area contributed by atoms with Crippen LogP contribution in [-0.4, -0.2) is 40.6 Å². The van der Waals surface area contributed by atoms with Gasteiger partial charge in [-0.15, -0.1) is 0 Å². The summed E-state index contributed by atoms with van der Waals surface area (Å²) in [5.74, 6) is -1.28. The van der Waals surface area contributed by atoms with Crippen molar-refractivity contribution in [3.05, 3.63) is 65.2 Å². The summed E-state index contributed by atoms with van der Waals surface area (Å²) in [6.07, 6.45) is 0.773. The predicted molar refractivity (Wildman–Crippen MR) is 124 cm³/mol. The van der Waals surface area contributed by atoms with Crippen LogP contribution < -0.4 is 4.74 Å². The van der Waals surface area contributed by atoms with E-state index in [2.05, 4.69) is 32.6 Å². The molecule has 0 aromatic heterocycles. The highest BCUT2D eigenvalue weighted by molar-refractivity contribution is 5.88. The lowest BCUT2D eigenvalue weighted by atomic mass is 9.86. The Balaban J connectivity index is 2.53. The minimum absolute atomic E-state index is 0.101. The molecule has 0 saturated heterocycles. The van der Waals surface area contributed by atoms with Crippen LogP contribution in [0.5, 0.6) is 5.75 Å². The molecule has 0 bridgehead atoms. The molecule has 1 atom stereocenters. The van der Waals surface area contributed by atoms with Gasteiger partial charge in [-0.3, -0.25) is 9.69 Å². The molecule has 0 heterocycles. The lowest BCUT2D eigenvalue weighted by molar-refractivity contribution is -0.137. The third-order valence-electron chi connectivity index (χ3n) is 5.52. The van der Waals surface area contributed by atoms with Gasteiger partial charge in [-0.05, 0) is 64.4 Å². The van der Waals surface area contributed by atoms with Crippen molar-refractivity contribution >= 4 is 11.9 Å². The fourth-order valence-corrected chi connectivity index (χ4v) is 3.85. The number of carbonyl (C=O) groups is 2. The number of hydrogen-bond acceptors (Lipinski definition) is 4.